The van der Waals surface area contributed by atoms with Gasteiger partial charge in [-0.2, -0.15) is 0 Å². The SMILES string of the molecule is N[C@@H]1CC[C@]2(CCCO2)C1. The first-order chi connectivity index (χ1) is 4.81. The zero-order chi connectivity index (χ0) is 7.03. The van der Waals surface area contributed by atoms with Crippen LogP contribution in [0.1, 0.15) is 32.1 Å². The summed E-state index contributed by atoms with van der Waals surface area (Å²) in [5, 5.41) is 0. The Morgan fingerprint density at radius 3 is 2.80 bits per heavy atom. The Hall–Kier alpha value is -0.0800. The minimum atomic E-state index is 0.236. The predicted octanol–water partition coefficient (Wildman–Crippen LogP) is 1.05. The summed E-state index contributed by atoms with van der Waals surface area (Å²) in [5.41, 5.74) is 6.04. The van der Waals surface area contributed by atoms with Crippen LogP contribution in [0.3, 0.4) is 0 Å². The lowest BCUT2D eigenvalue weighted by Crippen LogP contribution is -2.26. The maximum Gasteiger partial charge on any atom is 0.0698 e. The van der Waals surface area contributed by atoms with E-state index >= 15 is 0 Å². The van der Waals surface area contributed by atoms with Crippen LogP contribution in [0.15, 0.2) is 0 Å². The van der Waals surface area contributed by atoms with Gasteiger partial charge < -0.3 is 10.5 Å². The molecule has 0 aromatic rings. The van der Waals surface area contributed by atoms with E-state index in [4.69, 9.17) is 10.5 Å². The number of hydrogen-bond acceptors (Lipinski definition) is 2. The summed E-state index contributed by atoms with van der Waals surface area (Å²) >= 11 is 0. The molecular formula is C8H15NO. The molecule has 58 valence electrons. The van der Waals surface area contributed by atoms with E-state index < -0.39 is 0 Å². The lowest BCUT2D eigenvalue weighted by Gasteiger charge is -2.21. The van der Waals surface area contributed by atoms with Crippen molar-refractivity contribution in [3.63, 3.8) is 0 Å². The highest BCUT2D eigenvalue weighted by Gasteiger charge is 2.40. The summed E-state index contributed by atoms with van der Waals surface area (Å²) in [6, 6.07) is 0.415. The molecule has 10 heavy (non-hydrogen) atoms. The molecular weight excluding hydrogens is 126 g/mol. The van der Waals surface area contributed by atoms with Crippen molar-refractivity contribution < 1.29 is 4.74 Å². The molecule has 0 amide bonds. The van der Waals surface area contributed by atoms with E-state index in [1.54, 1.807) is 0 Å². The summed E-state index contributed by atoms with van der Waals surface area (Å²) in [4.78, 5) is 0. The first-order valence-corrected chi connectivity index (χ1v) is 4.20. The van der Waals surface area contributed by atoms with Crippen molar-refractivity contribution in [2.75, 3.05) is 6.61 Å². The van der Waals surface area contributed by atoms with Crippen LogP contribution in [0.25, 0.3) is 0 Å². The zero-order valence-electron chi connectivity index (χ0n) is 6.31. The van der Waals surface area contributed by atoms with Crippen molar-refractivity contribution in [3.8, 4) is 0 Å². The molecule has 1 saturated carbocycles. The highest BCUT2D eigenvalue weighted by Crippen LogP contribution is 2.40. The molecule has 1 spiro atoms. The second-order valence-corrected chi connectivity index (χ2v) is 3.64. The Morgan fingerprint density at radius 2 is 2.30 bits per heavy atom. The minimum absolute atomic E-state index is 0.236. The minimum Gasteiger partial charge on any atom is -0.375 e. The maximum atomic E-state index is 5.81. The van der Waals surface area contributed by atoms with Gasteiger partial charge >= 0.3 is 0 Å². The van der Waals surface area contributed by atoms with Crippen molar-refractivity contribution in [2.45, 2.75) is 43.7 Å². The second-order valence-electron chi connectivity index (χ2n) is 3.64. The Labute approximate surface area is 61.7 Å². The average molecular weight is 141 g/mol. The van der Waals surface area contributed by atoms with Crippen molar-refractivity contribution in [3.05, 3.63) is 0 Å². The molecule has 2 atom stereocenters. The molecule has 1 aliphatic carbocycles. The standard InChI is InChI=1S/C8H15NO/c9-7-2-4-8(6-7)3-1-5-10-8/h7H,1-6,9H2/t7-,8-/m1/s1. The summed E-state index contributed by atoms with van der Waals surface area (Å²) in [6.07, 6.45) is 5.97. The van der Waals surface area contributed by atoms with Crippen LogP contribution in [0.5, 0.6) is 0 Å². The highest BCUT2D eigenvalue weighted by molar-refractivity contribution is 4.95. The van der Waals surface area contributed by atoms with Gasteiger partial charge in [0.25, 0.3) is 0 Å². The third kappa shape index (κ3) is 0.956. The fraction of sp³-hybridized carbons (Fsp3) is 1.00. The number of rotatable bonds is 0. The predicted molar refractivity (Wildman–Crippen MR) is 39.7 cm³/mol. The first-order valence-electron chi connectivity index (χ1n) is 4.20. The van der Waals surface area contributed by atoms with Gasteiger partial charge in [0.1, 0.15) is 0 Å². The number of ether oxygens (including phenoxy) is 1. The van der Waals surface area contributed by atoms with Crippen molar-refractivity contribution in [1.82, 2.24) is 0 Å². The fourth-order valence-corrected chi connectivity index (χ4v) is 2.24. The second kappa shape index (κ2) is 2.21. The Balaban J connectivity index is 2.03. The topological polar surface area (TPSA) is 35.2 Å². The summed E-state index contributed by atoms with van der Waals surface area (Å²) < 4.78 is 5.69. The molecule has 1 aliphatic heterocycles. The molecule has 1 saturated heterocycles. The first kappa shape index (κ1) is 6.62. The van der Waals surface area contributed by atoms with Crippen LogP contribution < -0.4 is 5.73 Å². The number of hydrogen-bond donors (Lipinski definition) is 1. The molecule has 1 heterocycles. The van der Waals surface area contributed by atoms with Gasteiger partial charge in [-0.05, 0) is 32.1 Å². The highest BCUT2D eigenvalue weighted by atomic mass is 16.5. The molecule has 2 nitrogen and oxygen atoms in total. The number of nitrogens with two attached hydrogens (primary N) is 1. The smallest absolute Gasteiger partial charge is 0.0698 e. The van der Waals surface area contributed by atoms with Gasteiger partial charge in [-0.3, -0.25) is 0 Å². The lowest BCUT2D eigenvalue weighted by atomic mass is 9.98. The molecule has 2 N–H and O–H groups in total. The van der Waals surface area contributed by atoms with E-state index in [2.05, 4.69) is 0 Å². The monoisotopic (exact) mass is 141 g/mol. The van der Waals surface area contributed by atoms with E-state index in [0.717, 1.165) is 13.0 Å². The summed E-state index contributed by atoms with van der Waals surface area (Å²) in [6.45, 7) is 0.965. The molecule has 0 aromatic carbocycles. The quantitative estimate of drug-likeness (QED) is 0.547. The van der Waals surface area contributed by atoms with Gasteiger partial charge in [0.15, 0.2) is 0 Å². The van der Waals surface area contributed by atoms with Crippen molar-refractivity contribution >= 4 is 0 Å². The normalized spacial score (nSPS) is 47.1. The van der Waals surface area contributed by atoms with E-state index in [9.17, 15) is 0 Å². The third-order valence-corrected chi connectivity index (χ3v) is 2.79. The average Bonchev–Trinajstić information content (AvgIpc) is 2.46. The zero-order valence-corrected chi connectivity index (χ0v) is 6.31. The summed E-state index contributed by atoms with van der Waals surface area (Å²) in [5.74, 6) is 0. The Kier molecular flexibility index (Phi) is 1.46. The lowest BCUT2D eigenvalue weighted by molar-refractivity contribution is 0.00950. The van der Waals surface area contributed by atoms with Crippen LogP contribution in [0.2, 0.25) is 0 Å². The maximum absolute atomic E-state index is 5.81. The van der Waals surface area contributed by atoms with E-state index in [0.29, 0.717) is 6.04 Å². The third-order valence-electron chi connectivity index (χ3n) is 2.79. The molecule has 0 aromatic heterocycles. The van der Waals surface area contributed by atoms with E-state index in [1.807, 2.05) is 0 Å². The molecule has 2 aliphatic rings. The van der Waals surface area contributed by atoms with Gasteiger partial charge in [-0.15, -0.1) is 0 Å². The van der Waals surface area contributed by atoms with Crippen LogP contribution in [-0.4, -0.2) is 18.2 Å². The van der Waals surface area contributed by atoms with Crippen LogP contribution in [0, 0.1) is 0 Å². The van der Waals surface area contributed by atoms with E-state index in [1.165, 1.54) is 25.7 Å². The molecule has 2 heteroatoms. The Morgan fingerprint density at radius 1 is 1.40 bits per heavy atom. The molecule has 0 bridgehead atoms. The van der Waals surface area contributed by atoms with Gasteiger partial charge in [0.2, 0.25) is 0 Å². The molecule has 0 unspecified atom stereocenters. The van der Waals surface area contributed by atoms with Gasteiger partial charge in [-0.1, -0.05) is 0 Å². The van der Waals surface area contributed by atoms with Gasteiger partial charge in [0.05, 0.1) is 5.60 Å². The largest absolute Gasteiger partial charge is 0.375 e. The molecule has 0 radical (unpaired) electrons. The van der Waals surface area contributed by atoms with Crippen LogP contribution in [-0.2, 0) is 4.74 Å². The fourth-order valence-electron chi connectivity index (χ4n) is 2.24. The molecule has 2 fully saturated rings. The van der Waals surface area contributed by atoms with E-state index in [-0.39, 0.29) is 5.60 Å². The van der Waals surface area contributed by atoms with Crippen LogP contribution >= 0.6 is 0 Å². The van der Waals surface area contributed by atoms with Crippen LogP contribution in [0.4, 0.5) is 0 Å². The van der Waals surface area contributed by atoms with Crippen molar-refractivity contribution in [2.24, 2.45) is 5.73 Å². The Bertz CT molecular complexity index is 129. The van der Waals surface area contributed by atoms with Gasteiger partial charge in [0, 0.05) is 12.6 Å². The summed E-state index contributed by atoms with van der Waals surface area (Å²) in [7, 11) is 0. The molecule has 2 rings (SSSR count). The van der Waals surface area contributed by atoms with Gasteiger partial charge in [-0.25, -0.2) is 0 Å². The van der Waals surface area contributed by atoms with Crippen molar-refractivity contribution in [1.29, 1.82) is 0 Å².